The molecule has 0 atom stereocenters. The van der Waals surface area contributed by atoms with Crippen LogP contribution < -0.4 is 0 Å². The van der Waals surface area contributed by atoms with E-state index in [2.05, 4.69) is 84.7 Å². The molecule has 0 fully saturated rings. The van der Waals surface area contributed by atoms with E-state index in [1.54, 1.807) is 0 Å². The summed E-state index contributed by atoms with van der Waals surface area (Å²) in [7, 11) is 0. The predicted molar refractivity (Wildman–Crippen MR) is 132 cm³/mol. The lowest BCUT2D eigenvalue weighted by Crippen LogP contribution is -1.86. The van der Waals surface area contributed by atoms with Crippen LogP contribution in [0, 0.1) is 0 Å². The van der Waals surface area contributed by atoms with Crippen molar-refractivity contribution in [2.45, 2.75) is 64.7 Å². The summed E-state index contributed by atoms with van der Waals surface area (Å²) in [6, 6.07) is 27.8. The molecule has 0 spiro atoms. The average molecular weight is 398 g/mol. The summed E-state index contributed by atoms with van der Waals surface area (Å²) in [5.74, 6) is 0. The number of hydrogen-bond donors (Lipinski definition) is 0. The number of rotatable bonds is 12. The van der Waals surface area contributed by atoms with Crippen LogP contribution in [0.15, 0.2) is 83.9 Å². The van der Waals surface area contributed by atoms with Crippen LogP contribution in [0.25, 0.3) is 11.1 Å². The van der Waals surface area contributed by atoms with Crippen molar-refractivity contribution in [3.8, 4) is 11.1 Å². The van der Waals surface area contributed by atoms with Gasteiger partial charge in [-0.15, -0.1) is 0 Å². The molecule has 0 saturated carbocycles. The molecule has 0 heterocycles. The first-order valence-corrected chi connectivity index (χ1v) is 11.6. The third-order valence-corrected chi connectivity index (χ3v) is 5.64. The van der Waals surface area contributed by atoms with Crippen LogP contribution in [-0.4, -0.2) is 6.21 Å². The van der Waals surface area contributed by atoms with Gasteiger partial charge in [-0.05, 0) is 47.2 Å². The third-order valence-electron chi connectivity index (χ3n) is 5.64. The zero-order chi connectivity index (χ0) is 20.9. The van der Waals surface area contributed by atoms with Crippen LogP contribution >= 0.6 is 0 Å². The van der Waals surface area contributed by atoms with E-state index in [4.69, 9.17) is 0 Å². The Morgan fingerprint density at radius 3 is 1.87 bits per heavy atom. The van der Waals surface area contributed by atoms with E-state index in [1.807, 2.05) is 12.3 Å². The Bertz CT molecular complexity index is 861. The molecule has 0 unspecified atom stereocenters. The van der Waals surface area contributed by atoms with Crippen molar-refractivity contribution in [3.05, 3.63) is 90.0 Å². The summed E-state index contributed by atoms with van der Waals surface area (Å²) in [4.78, 5) is 4.64. The highest BCUT2D eigenvalue weighted by atomic mass is 14.7. The molecule has 0 amide bonds. The van der Waals surface area contributed by atoms with E-state index >= 15 is 0 Å². The Kier molecular flexibility index (Phi) is 9.40. The lowest BCUT2D eigenvalue weighted by atomic mass is 10.0. The highest BCUT2D eigenvalue weighted by molar-refractivity contribution is 5.83. The van der Waals surface area contributed by atoms with E-state index < -0.39 is 0 Å². The minimum atomic E-state index is 1.02. The zero-order valence-electron chi connectivity index (χ0n) is 18.4. The summed E-state index contributed by atoms with van der Waals surface area (Å²) in [5.41, 5.74) is 6.04. The lowest BCUT2D eigenvalue weighted by molar-refractivity contribution is 0.575. The van der Waals surface area contributed by atoms with E-state index in [0.29, 0.717) is 0 Å². The second kappa shape index (κ2) is 12.8. The highest BCUT2D eigenvalue weighted by Gasteiger charge is 1.98. The lowest BCUT2D eigenvalue weighted by Gasteiger charge is -2.03. The Hall–Kier alpha value is -2.67. The van der Waals surface area contributed by atoms with Crippen LogP contribution in [0.1, 0.15) is 69.4 Å². The molecule has 0 aliphatic heterocycles. The minimum absolute atomic E-state index is 1.02. The Morgan fingerprint density at radius 2 is 1.20 bits per heavy atom. The SMILES string of the molecule is CCCCCCCCCCc1ccc(N=Cc2ccc(-c3ccccc3)cc2)cc1. The predicted octanol–water partition coefficient (Wildman–Crippen LogP) is 8.79. The van der Waals surface area contributed by atoms with Crippen molar-refractivity contribution in [2.75, 3.05) is 0 Å². The second-order valence-corrected chi connectivity index (χ2v) is 8.14. The first-order valence-electron chi connectivity index (χ1n) is 11.6. The molecule has 0 aliphatic rings. The molecule has 0 N–H and O–H groups in total. The molecule has 0 saturated heterocycles. The summed E-state index contributed by atoms with van der Waals surface area (Å²) < 4.78 is 0. The molecule has 3 aromatic carbocycles. The molecule has 1 heteroatoms. The summed E-state index contributed by atoms with van der Waals surface area (Å²) in [6.45, 7) is 2.28. The van der Waals surface area contributed by atoms with Crippen molar-refractivity contribution in [3.63, 3.8) is 0 Å². The monoisotopic (exact) mass is 397 g/mol. The Balaban J connectivity index is 1.41. The average Bonchev–Trinajstić information content (AvgIpc) is 2.81. The maximum Gasteiger partial charge on any atom is 0.0630 e. The number of aryl methyl sites for hydroxylation is 1. The standard InChI is InChI=1S/C29H35N/c1-2-3-4-5-6-7-8-10-13-25-18-22-29(23-19-25)30-24-26-16-20-28(21-17-26)27-14-11-9-12-15-27/h9,11-12,14-24H,2-8,10,13H2,1H3. The van der Waals surface area contributed by atoms with E-state index in [-0.39, 0.29) is 0 Å². The van der Waals surface area contributed by atoms with Crippen LogP contribution in [0.5, 0.6) is 0 Å². The largest absolute Gasteiger partial charge is 0.256 e. The van der Waals surface area contributed by atoms with Crippen molar-refractivity contribution >= 4 is 11.9 Å². The summed E-state index contributed by atoms with van der Waals surface area (Å²) in [6.07, 6.45) is 14.1. The molecule has 0 radical (unpaired) electrons. The maximum absolute atomic E-state index is 4.64. The molecule has 0 aromatic heterocycles. The summed E-state index contributed by atoms with van der Waals surface area (Å²) in [5, 5.41) is 0. The van der Waals surface area contributed by atoms with Gasteiger partial charge in [-0.1, -0.05) is 119 Å². The molecule has 1 nitrogen and oxygen atoms in total. The molecular formula is C29H35N. The fourth-order valence-electron chi connectivity index (χ4n) is 3.75. The van der Waals surface area contributed by atoms with Gasteiger partial charge in [0.2, 0.25) is 0 Å². The number of unbranched alkanes of at least 4 members (excludes halogenated alkanes) is 7. The van der Waals surface area contributed by atoms with Crippen LogP contribution in [0.3, 0.4) is 0 Å². The minimum Gasteiger partial charge on any atom is -0.256 e. The van der Waals surface area contributed by atoms with E-state index in [0.717, 1.165) is 11.3 Å². The molecule has 3 aromatic rings. The first-order chi connectivity index (χ1) is 14.8. The molecule has 0 bridgehead atoms. The number of aliphatic imine (C=N–C) groups is 1. The van der Waals surface area contributed by atoms with Gasteiger partial charge in [-0.2, -0.15) is 0 Å². The third kappa shape index (κ3) is 7.63. The quantitative estimate of drug-likeness (QED) is 0.214. The highest BCUT2D eigenvalue weighted by Crippen LogP contribution is 2.20. The zero-order valence-corrected chi connectivity index (χ0v) is 18.4. The maximum atomic E-state index is 4.64. The number of benzene rings is 3. The molecule has 3 rings (SSSR count). The van der Waals surface area contributed by atoms with Gasteiger partial charge in [-0.25, -0.2) is 0 Å². The van der Waals surface area contributed by atoms with Gasteiger partial charge < -0.3 is 0 Å². The summed E-state index contributed by atoms with van der Waals surface area (Å²) >= 11 is 0. The van der Waals surface area contributed by atoms with Crippen LogP contribution in [0.4, 0.5) is 5.69 Å². The van der Waals surface area contributed by atoms with Gasteiger partial charge in [0.05, 0.1) is 5.69 Å². The topological polar surface area (TPSA) is 12.4 Å². The van der Waals surface area contributed by atoms with Crippen molar-refractivity contribution in [1.29, 1.82) is 0 Å². The van der Waals surface area contributed by atoms with Gasteiger partial charge in [0.25, 0.3) is 0 Å². The van der Waals surface area contributed by atoms with Gasteiger partial charge in [0.1, 0.15) is 0 Å². The van der Waals surface area contributed by atoms with Crippen LogP contribution in [0.2, 0.25) is 0 Å². The Labute approximate surface area is 182 Å². The van der Waals surface area contributed by atoms with Gasteiger partial charge >= 0.3 is 0 Å². The smallest absolute Gasteiger partial charge is 0.0630 e. The molecule has 0 aliphatic carbocycles. The van der Waals surface area contributed by atoms with Gasteiger partial charge in [-0.3, -0.25) is 4.99 Å². The number of hydrogen-bond acceptors (Lipinski definition) is 1. The van der Waals surface area contributed by atoms with Crippen molar-refractivity contribution in [2.24, 2.45) is 4.99 Å². The fraction of sp³-hybridized carbons (Fsp3) is 0.345. The molecule has 30 heavy (non-hydrogen) atoms. The van der Waals surface area contributed by atoms with E-state index in [9.17, 15) is 0 Å². The van der Waals surface area contributed by atoms with Crippen molar-refractivity contribution < 1.29 is 0 Å². The first kappa shape index (κ1) is 22.0. The normalized spacial score (nSPS) is 11.2. The molecular weight excluding hydrogens is 362 g/mol. The van der Waals surface area contributed by atoms with Crippen LogP contribution in [-0.2, 0) is 6.42 Å². The van der Waals surface area contributed by atoms with Crippen molar-refractivity contribution in [1.82, 2.24) is 0 Å². The Morgan fingerprint density at radius 1 is 0.600 bits per heavy atom. The fourth-order valence-corrected chi connectivity index (χ4v) is 3.75. The molecule has 156 valence electrons. The van der Waals surface area contributed by atoms with Gasteiger partial charge in [0, 0.05) is 6.21 Å². The van der Waals surface area contributed by atoms with Gasteiger partial charge in [0.15, 0.2) is 0 Å². The van der Waals surface area contributed by atoms with E-state index in [1.165, 1.54) is 74.5 Å². The number of nitrogens with zero attached hydrogens (tertiary/aromatic N) is 1. The second-order valence-electron chi connectivity index (χ2n) is 8.14.